The molecule has 3 aromatic rings. The number of carbonyl (C=O) groups is 1. The van der Waals surface area contributed by atoms with E-state index >= 15 is 0 Å². The summed E-state index contributed by atoms with van der Waals surface area (Å²) in [5, 5.41) is 10.4. The zero-order valence-electron chi connectivity index (χ0n) is 13.4. The number of amides is 2. The molecule has 0 atom stereocenters. The molecular weight excluding hydrogens is 324 g/mol. The van der Waals surface area contributed by atoms with E-state index in [0.717, 1.165) is 40.8 Å². The fraction of sp³-hybridized carbons (Fsp3) is 0.375. The van der Waals surface area contributed by atoms with Crippen molar-refractivity contribution in [2.45, 2.75) is 32.9 Å². The van der Waals surface area contributed by atoms with Gasteiger partial charge in [-0.2, -0.15) is 13.8 Å². The first-order valence-corrected chi connectivity index (χ1v) is 8.76. The maximum Gasteiger partial charge on any atom is 0.317 e. The van der Waals surface area contributed by atoms with Gasteiger partial charge in [0.15, 0.2) is 0 Å². The van der Waals surface area contributed by atoms with Gasteiger partial charge < -0.3 is 10.2 Å². The predicted octanol–water partition coefficient (Wildman–Crippen LogP) is 2.24. The summed E-state index contributed by atoms with van der Waals surface area (Å²) < 4.78 is 8.42. The van der Waals surface area contributed by atoms with Crippen LogP contribution in [0.3, 0.4) is 0 Å². The SMILES string of the molecule is CCc1n[nH]c2c1CN(C(=O)NCc1ccc3nsnc3c1)CC2. The Bertz CT molecular complexity index is 872. The summed E-state index contributed by atoms with van der Waals surface area (Å²) in [5.41, 5.74) is 6.19. The van der Waals surface area contributed by atoms with Crippen LogP contribution in [0.15, 0.2) is 18.2 Å². The number of hydrogen-bond donors (Lipinski definition) is 2. The average molecular weight is 342 g/mol. The number of urea groups is 1. The molecule has 2 amide bonds. The Morgan fingerprint density at radius 3 is 3.12 bits per heavy atom. The monoisotopic (exact) mass is 342 g/mol. The number of rotatable bonds is 3. The second kappa shape index (κ2) is 6.20. The Labute approximate surface area is 143 Å². The minimum Gasteiger partial charge on any atom is -0.334 e. The second-order valence-electron chi connectivity index (χ2n) is 5.90. The van der Waals surface area contributed by atoms with Crippen LogP contribution in [0, 0.1) is 0 Å². The van der Waals surface area contributed by atoms with Gasteiger partial charge in [-0.15, -0.1) is 0 Å². The molecule has 1 aliphatic rings. The summed E-state index contributed by atoms with van der Waals surface area (Å²) >= 11 is 1.20. The van der Waals surface area contributed by atoms with Crippen LogP contribution in [0.25, 0.3) is 11.0 Å². The number of fused-ring (bicyclic) bond motifs is 2. The van der Waals surface area contributed by atoms with Crippen LogP contribution in [0.4, 0.5) is 4.79 Å². The minimum absolute atomic E-state index is 0.0413. The predicted molar refractivity (Wildman–Crippen MR) is 91.7 cm³/mol. The van der Waals surface area contributed by atoms with Gasteiger partial charge in [-0.1, -0.05) is 13.0 Å². The van der Waals surface area contributed by atoms with Crippen molar-refractivity contribution < 1.29 is 4.79 Å². The number of H-pyrrole nitrogens is 1. The number of carbonyl (C=O) groups excluding carboxylic acids is 1. The Morgan fingerprint density at radius 1 is 1.38 bits per heavy atom. The van der Waals surface area contributed by atoms with E-state index in [4.69, 9.17) is 0 Å². The lowest BCUT2D eigenvalue weighted by molar-refractivity contribution is 0.191. The maximum atomic E-state index is 12.5. The summed E-state index contributed by atoms with van der Waals surface area (Å²) in [6.07, 6.45) is 1.70. The van der Waals surface area contributed by atoms with E-state index < -0.39 is 0 Å². The average Bonchev–Trinajstić information content (AvgIpc) is 3.24. The van der Waals surface area contributed by atoms with Gasteiger partial charge in [0, 0.05) is 30.8 Å². The molecule has 124 valence electrons. The summed E-state index contributed by atoms with van der Waals surface area (Å²) in [5.74, 6) is 0. The molecule has 4 rings (SSSR count). The van der Waals surface area contributed by atoms with Gasteiger partial charge in [0.25, 0.3) is 0 Å². The molecule has 7 nitrogen and oxygen atoms in total. The highest BCUT2D eigenvalue weighted by Gasteiger charge is 2.24. The van der Waals surface area contributed by atoms with Crippen molar-refractivity contribution in [1.82, 2.24) is 29.2 Å². The third-order valence-electron chi connectivity index (χ3n) is 4.40. The fourth-order valence-corrected chi connectivity index (χ4v) is 3.56. The molecule has 0 spiro atoms. The van der Waals surface area contributed by atoms with E-state index in [1.807, 2.05) is 23.1 Å². The molecule has 2 aromatic heterocycles. The second-order valence-corrected chi connectivity index (χ2v) is 6.43. The molecule has 0 radical (unpaired) electrons. The first-order valence-electron chi connectivity index (χ1n) is 8.03. The number of aryl methyl sites for hydroxylation is 1. The largest absolute Gasteiger partial charge is 0.334 e. The highest BCUT2D eigenvalue weighted by molar-refractivity contribution is 7.00. The Hall–Kier alpha value is -2.48. The first kappa shape index (κ1) is 15.1. The number of aromatic nitrogens is 4. The summed E-state index contributed by atoms with van der Waals surface area (Å²) in [6.45, 7) is 3.90. The Balaban J connectivity index is 1.41. The van der Waals surface area contributed by atoms with E-state index in [0.29, 0.717) is 19.6 Å². The standard InChI is InChI=1S/C16H18N6OS/c1-2-12-11-9-22(6-5-13(11)19-18-12)16(23)17-8-10-3-4-14-15(7-10)21-24-20-14/h3-4,7H,2,5-6,8-9H2,1H3,(H,17,23)(H,18,19). The van der Waals surface area contributed by atoms with Crippen LogP contribution in [0.1, 0.15) is 29.4 Å². The molecule has 0 saturated heterocycles. The molecule has 0 bridgehead atoms. The van der Waals surface area contributed by atoms with E-state index in [1.54, 1.807) is 0 Å². The molecule has 0 saturated carbocycles. The molecule has 1 aromatic carbocycles. The number of nitrogens with one attached hydrogen (secondary N) is 2. The van der Waals surface area contributed by atoms with E-state index in [9.17, 15) is 4.79 Å². The van der Waals surface area contributed by atoms with Crippen molar-refractivity contribution in [2.24, 2.45) is 0 Å². The topological polar surface area (TPSA) is 86.8 Å². The molecule has 24 heavy (non-hydrogen) atoms. The molecule has 3 heterocycles. The molecule has 1 aliphatic heterocycles. The third-order valence-corrected chi connectivity index (χ3v) is 4.96. The molecule has 8 heteroatoms. The third kappa shape index (κ3) is 2.73. The van der Waals surface area contributed by atoms with Crippen LogP contribution in [0.5, 0.6) is 0 Å². The maximum absolute atomic E-state index is 12.5. The van der Waals surface area contributed by atoms with Gasteiger partial charge in [0.1, 0.15) is 11.0 Å². The van der Waals surface area contributed by atoms with Crippen LogP contribution in [-0.2, 0) is 25.9 Å². The number of nitrogens with zero attached hydrogens (tertiary/aromatic N) is 4. The minimum atomic E-state index is -0.0413. The van der Waals surface area contributed by atoms with Gasteiger partial charge in [0.05, 0.1) is 24.0 Å². The molecule has 0 fully saturated rings. The van der Waals surface area contributed by atoms with Crippen molar-refractivity contribution in [2.75, 3.05) is 6.54 Å². The number of aromatic amines is 1. The molecule has 0 unspecified atom stereocenters. The van der Waals surface area contributed by atoms with Gasteiger partial charge in [-0.25, -0.2) is 4.79 Å². The van der Waals surface area contributed by atoms with Gasteiger partial charge >= 0.3 is 6.03 Å². The normalized spacial score (nSPS) is 14.0. The van der Waals surface area contributed by atoms with E-state index in [2.05, 4.69) is 31.2 Å². The summed E-state index contributed by atoms with van der Waals surface area (Å²) in [7, 11) is 0. The molecule has 2 N–H and O–H groups in total. The van der Waals surface area contributed by atoms with Crippen LogP contribution >= 0.6 is 11.7 Å². The van der Waals surface area contributed by atoms with Crippen molar-refractivity contribution in [3.05, 3.63) is 40.7 Å². The number of hydrogen-bond acceptors (Lipinski definition) is 5. The van der Waals surface area contributed by atoms with Crippen molar-refractivity contribution >= 4 is 28.8 Å². The van der Waals surface area contributed by atoms with Crippen LogP contribution < -0.4 is 5.32 Å². The van der Waals surface area contributed by atoms with E-state index in [1.165, 1.54) is 17.3 Å². The highest BCUT2D eigenvalue weighted by Crippen LogP contribution is 2.21. The quantitative estimate of drug-likeness (QED) is 0.764. The van der Waals surface area contributed by atoms with Gasteiger partial charge in [-0.05, 0) is 24.1 Å². The summed E-state index contributed by atoms with van der Waals surface area (Å²) in [6, 6.07) is 5.84. The Morgan fingerprint density at radius 2 is 2.25 bits per heavy atom. The lowest BCUT2D eigenvalue weighted by Gasteiger charge is -2.27. The van der Waals surface area contributed by atoms with Crippen molar-refractivity contribution in [3.63, 3.8) is 0 Å². The Kier molecular flexibility index (Phi) is 3.89. The van der Waals surface area contributed by atoms with Crippen LogP contribution in [-0.4, -0.2) is 36.4 Å². The molecular formula is C16H18N6OS. The lowest BCUT2D eigenvalue weighted by atomic mass is 10.0. The zero-order valence-corrected chi connectivity index (χ0v) is 14.2. The van der Waals surface area contributed by atoms with Crippen LogP contribution in [0.2, 0.25) is 0 Å². The van der Waals surface area contributed by atoms with Gasteiger partial charge in [0.2, 0.25) is 0 Å². The molecule has 0 aliphatic carbocycles. The number of benzene rings is 1. The first-order chi connectivity index (χ1) is 11.7. The zero-order chi connectivity index (χ0) is 16.5. The lowest BCUT2D eigenvalue weighted by Crippen LogP contribution is -2.42. The smallest absolute Gasteiger partial charge is 0.317 e. The highest BCUT2D eigenvalue weighted by atomic mass is 32.1. The van der Waals surface area contributed by atoms with Crippen molar-refractivity contribution in [1.29, 1.82) is 0 Å². The summed E-state index contributed by atoms with van der Waals surface area (Å²) in [4.78, 5) is 14.3. The van der Waals surface area contributed by atoms with E-state index in [-0.39, 0.29) is 6.03 Å². The van der Waals surface area contributed by atoms with Crippen molar-refractivity contribution in [3.8, 4) is 0 Å². The fourth-order valence-electron chi connectivity index (χ4n) is 3.05. The van der Waals surface area contributed by atoms with Gasteiger partial charge in [-0.3, -0.25) is 5.10 Å².